The van der Waals surface area contributed by atoms with Crippen molar-refractivity contribution >= 4 is 41.4 Å². The number of carbonyl (C=O) groups is 4. The van der Waals surface area contributed by atoms with Gasteiger partial charge in [-0.05, 0) is 49.5 Å². The van der Waals surface area contributed by atoms with Crippen LogP contribution in [0.2, 0.25) is 0 Å². The number of guanidine groups is 1. The maximum Gasteiger partial charge on any atom is 0.326 e. The molecule has 0 aliphatic heterocycles. The minimum Gasteiger partial charge on any atom is -0.480 e. The Balaban J connectivity index is 5.28. The summed E-state index contributed by atoms with van der Waals surface area (Å²) < 4.78 is 0. The maximum absolute atomic E-state index is 13.0. The first-order valence-electron chi connectivity index (χ1n) is 11.7. The van der Waals surface area contributed by atoms with E-state index in [9.17, 15) is 24.3 Å². The molecule has 13 heteroatoms. The van der Waals surface area contributed by atoms with E-state index in [-0.39, 0.29) is 24.2 Å². The van der Waals surface area contributed by atoms with Crippen LogP contribution in [0.15, 0.2) is 4.99 Å². The van der Waals surface area contributed by atoms with Crippen LogP contribution in [0, 0.1) is 11.8 Å². The number of rotatable bonds is 17. The van der Waals surface area contributed by atoms with Crippen molar-refractivity contribution in [3.63, 3.8) is 0 Å². The zero-order valence-corrected chi connectivity index (χ0v) is 22.2. The quantitative estimate of drug-likeness (QED) is 0.0740. The Kier molecular flexibility index (Phi) is 15.7. The van der Waals surface area contributed by atoms with E-state index in [1.54, 1.807) is 13.8 Å². The van der Waals surface area contributed by atoms with E-state index in [0.717, 1.165) is 0 Å². The minimum atomic E-state index is -1.14. The topological polar surface area (TPSA) is 215 Å². The normalized spacial score (nSPS) is 14.5. The summed E-state index contributed by atoms with van der Waals surface area (Å²) in [6.07, 6.45) is 3.27. The van der Waals surface area contributed by atoms with E-state index >= 15 is 0 Å². The summed E-state index contributed by atoms with van der Waals surface area (Å²) in [4.78, 5) is 53.8. The number of carbonyl (C=O) groups excluding carboxylic acids is 3. The third kappa shape index (κ3) is 13.8. The molecule has 4 atom stereocenters. The molecule has 0 rings (SSSR count). The van der Waals surface area contributed by atoms with Gasteiger partial charge in [-0.15, -0.1) is 0 Å². The molecule has 0 aromatic rings. The Morgan fingerprint density at radius 1 is 0.914 bits per heavy atom. The monoisotopic (exact) mass is 517 g/mol. The predicted molar refractivity (Wildman–Crippen MR) is 139 cm³/mol. The third-order valence-corrected chi connectivity index (χ3v) is 5.76. The van der Waals surface area contributed by atoms with Crippen LogP contribution >= 0.6 is 11.8 Å². The lowest BCUT2D eigenvalue weighted by Gasteiger charge is -2.27. The van der Waals surface area contributed by atoms with Crippen molar-refractivity contribution in [3.05, 3.63) is 0 Å². The number of thioether (sulfide) groups is 1. The fourth-order valence-corrected chi connectivity index (χ4v) is 3.65. The molecule has 0 aromatic carbocycles. The first-order chi connectivity index (χ1) is 16.3. The molecule has 0 radical (unpaired) electrons. The highest BCUT2D eigenvalue weighted by atomic mass is 32.2. The van der Waals surface area contributed by atoms with Gasteiger partial charge in [-0.25, -0.2) is 4.79 Å². The Hall–Kier alpha value is -2.54. The van der Waals surface area contributed by atoms with E-state index in [1.165, 1.54) is 11.8 Å². The number of nitrogens with zero attached hydrogens (tertiary/aromatic N) is 1. The Morgan fingerprint density at radius 2 is 1.51 bits per heavy atom. The molecule has 10 N–H and O–H groups in total. The molecule has 0 saturated heterocycles. The second-order valence-corrected chi connectivity index (χ2v) is 10.1. The fourth-order valence-electron chi connectivity index (χ4n) is 3.18. The largest absolute Gasteiger partial charge is 0.480 e. The van der Waals surface area contributed by atoms with E-state index in [0.29, 0.717) is 31.6 Å². The number of carboxylic acids is 1. The lowest BCUT2D eigenvalue weighted by Crippen LogP contribution is -2.58. The number of aliphatic carboxylic acids is 1. The third-order valence-electron chi connectivity index (χ3n) is 5.12. The SMILES string of the molecule is CSCCC(NC(=O)C(N)CCCN=C(N)N)C(=O)NC(C(=O)NC(CC(C)C)C(=O)O)C(C)C. The summed E-state index contributed by atoms with van der Waals surface area (Å²) in [6.45, 7) is 7.53. The second-order valence-electron chi connectivity index (χ2n) is 9.16. The van der Waals surface area contributed by atoms with Gasteiger partial charge in [-0.3, -0.25) is 19.4 Å². The summed E-state index contributed by atoms with van der Waals surface area (Å²) in [5.41, 5.74) is 16.5. The lowest BCUT2D eigenvalue weighted by molar-refractivity contribution is -0.143. The number of aliphatic imine (C=N–C) groups is 1. The first-order valence-corrected chi connectivity index (χ1v) is 13.1. The lowest BCUT2D eigenvalue weighted by atomic mass is 10.00. The van der Waals surface area contributed by atoms with Gasteiger partial charge in [-0.1, -0.05) is 27.7 Å². The average Bonchev–Trinajstić information content (AvgIpc) is 2.75. The van der Waals surface area contributed by atoms with Crippen LogP contribution in [0.5, 0.6) is 0 Å². The number of carboxylic acid groups (broad SMARTS) is 1. The van der Waals surface area contributed by atoms with Crippen molar-refractivity contribution in [1.29, 1.82) is 0 Å². The predicted octanol–water partition coefficient (Wildman–Crippen LogP) is -0.638. The molecule has 3 amide bonds. The van der Waals surface area contributed by atoms with Gasteiger partial charge in [-0.2, -0.15) is 11.8 Å². The van der Waals surface area contributed by atoms with Crippen molar-refractivity contribution in [2.75, 3.05) is 18.6 Å². The second kappa shape index (κ2) is 17.0. The summed E-state index contributed by atoms with van der Waals surface area (Å²) in [6, 6.07) is -3.80. The van der Waals surface area contributed by atoms with Gasteiger partial charge in [0.15, 0.2) is 5.96 Å². The number of nitrogens with one attached hydrogen (secondary N) is 3. The highest BCUT2D eigenvalue weighted by molar-refractivity contribution is 7.98. The van der Waals surface area contributed by atoms with Gasteiger partial charge in [0.1, 0.15) is 18.1 Å². The highest BCUT2D eigenvalue weighted by Gasteiger charge is 2.32. The van der Waals surface area contributed by atoms with E-state index < -0.39 is 47.9 Å². The van der Waals surface area contributed by atoms with Crippen LogP contribution in [-0.2, 0) is 19.2 Å². The molecule has 0 fully saturated rings. The Morgan fingerprint density at radius 3 is 2.00 bits per heavy atom. The molecule has 202 valence electrons. The van der Waals surface area contributed by atoms with Gasteiger partial charge in [0.2, 0.25) is 17.7 Å². The molecule has 0 aliphatic carbocycles. The molecule has 12 nitrogen and oxygen atoms in total. The smallest absolute Gasteiger partial charge is 0.326 e. The maximum atomic E-state index is 13.0. The molecule has 0 heterocycles. The highest BCUT2D eigenvalue weighted by Crippen LogP contribution is 2.09. The zero-order valence-electron chi connectivity index (χ0n) is 21.4. The number of hydrogen-bond donors (Lipinski definition) is 7. The average molecular weight is 518 g/mol. The fraction of sp³-hybridized carbons (Fsp3) is 0.773. The standard InChI is InChI=1S/C22H43N7O5S/c1-12(2)11-16(21(33)34)28-20(32)17(13(3)4)29-19(31)15(8-10-35-5)27-18(30)14(23)7-6-9-26-22(24)25/h12-17H,6-11,23H2,1-5H3,(H,27,30)(H,28,32)(H,29,31)(H,33,34)(H4,24,25,26). The molecule has 0 spiro atoms. The van der Waals surface area contributed by atoms with Crippen molar-refractivity contribution in [1.82, 2.24) is 16.0 Å². The zero-order chi connectivity index (χ0) is 27.1. The van der Waals surface area contributed by atoms with Crippen molar-refractivity contribution < 1.29 is 24.3 Å². The van der Waals surface area contributed by atoms with Crippen LogP contribution in [0.4, 0.5) is 0 Å². The van der Waals surface area contributed by atoms with Crippen LogP contribution in [0.3, 0.4) is 0 Å². The number of hydrogen-bond acceptors (Lipinski definition) is 7. The van der Waals surface area contributed by atoms with Crippen LogP contribution in [0.25, 0.3) is 0 Å². The van der Waals surface area contributed by atoms with Crippen molar-refractivity contribution in [2.24, 2.45) is 34.0 Å². The van der Waals surface area contributed by atoms with Gasteiger partial charge >= 0.3 is 5.97 Å². The van der Waals surface area contributed by atoms with Gasteiger partial charge in [0.25, 0.3) is 0 Å². The van der Waals surface area contributed by atoms with Gasteiger partial charge < -0.3 is 38.3 Å². The molecule has 4 unspecified atom stereocenters. The molecular weight excluding hydrogens is 474 g/mol. The number of amides is 3. The molecule has 35 heavy (non-hydrogen) atoms. The van der Waals surface area contributed by atoms with Crippen LogP contribution in [-0.4, -0.2) is 77.5 Å². The summed E-state index contributed by atoms with van der Waals surface area (Å²) in [7, 11) is 0. The Labute approximate surface area is 212 Å². The van der Waals surface area contributed by atoms with E-state index in [4.69, 9.17) is 17.2 Å². The first kappa shape index (κ1) is 32.5. The van der Waals surface area contributed by atoms with Gasteiger partial charge in [0.05, 0.1) is 6.04 Å². The Bertz CT molecular complexity index is 729. The number of nitrogens with two attached hydrogens (primary N) is 3. The van der Waals surface area contributed by atoms with Crippen LogP contribution in [0.1, 0.15) is 53.4 Å². The summed E-state index contributed by atoms with van der Waals surface area (Å²) in [5.74, 6) is -2.48. The van der Waals surface area contributed by atoms with Crippen molar-refractivity contribution in [3.8, 4) is 0 Å². The molecule has 0 aromatic heterocycles. The van der Waals surface area contributed by atoms with E-state index in [1.807, 2.05) is 20.1 Å². The van der Waals surface area contributed by atoms with E-state index in [2.05, 4.69) is 20.9 Å². The molecular formula is C22H43N7O5S. The van der Waals surface area contributed by atoms with Gasteiger partial charge in [0, 0.05) is 6.54 Å². The minimum absolute atomic E-state index is 0.0422. The molecule has 0 saturated carbocycles. The molecule has 0 bridgehead atoms. The molecule has 0 aliphatic rings. The summed E-state index contributed by atoms with van der Waals surface area (Å²) in [5, 5.41) is 17.3. The van der Waals surface area contributed by atoms with Crippen molar-refractivity contribution in [2.45, 2.75) is 77.5 Å². The summed E-state index contributed by atoms with van der Waals surface area (Å²) >= 11 is 1.51. The van der Waals surface area contributed by atoms with Crippen LogP contribution < -0.4 is 33.2 Å².